The second kappa shape index (κ2) is 8.54. The standard InChI is InChI=1S/C15H19N3O4/c1-10(19)8-17-9-11(7-16)15(20)18-12-4-5-13(21-2)14(6-12)22-3/h4-6,9-10,17,19H,8H2,1-3H3,(H,18,20)/b11-9-. The van der Waals surface area contributed by atoms with Crippen molar-refractivity contribution >= 4 is 11.6 Å². The minimum atomic E-state index is -0.579. The maximum atomic E-state index is 12.0. The maximum Gasteiger partial charge on any atom is 0.267 e. The summed E-state index contributed by atoms with van der Waals surface area (Å²) in [5, 5.41) is 23.4. The Kier molecular flexibility index (Phi) is 6.73. The van der Waals surface area contributed by atoms with Crippen LogP contribution in [-0.4, -0.2) is 37.9 Å². The van der Waals surface area contributed by atoms with Gasteiger partial charge in [-0.1, -0.05) is 0 Å². The van der Waals surface area contributed by atoms with Gasteiger partial charge in [-0.2, -0.15) is 5.26 Å². The molecule has 0 saturated heterocycles. The Labute approximate surface area is 129 Å². The Morgan fingerprint density at radius 2 is 2.09 bits per heavy atom. The summed E-state index contributed by atoms with van der Waals surface area (Å²) in [6.45, 7) is 1.84. The van der Waals surface area contributed by atoms with Crippen LogP contribution in [0.3, 0.4) is 0 Å². The Morgan fingerprint density at radius 1 is 1.41 bits per heavy atom. The number of rotatable bonds is 7. The van der Waals surface area contributed by atoms with Gasteiger partial charge in [-0.3, -0.25) is 4.79 Å². The number of carbonyl (C=O) groups excluding carboxylic acids is 1. The molecule has 1 rings (SSSR count). The van der Waals surface area contributed by atoms with Gasteiger partial charge in [-0.25, -0.2) is 0 Å². The summed E-state index contributed by atoms with van der Waals surface area (Å²) in [6, 6.07) is 6.67. The molecule has 3 N–H and O–H groups in total. The first-order chi connectivity index (χ1) is 10.5. The molecule has 1 aromatic carbocycles. The Morgan fingerprint density at radius 3 is 2.64 bits per heavy atom. The number of nitrogens with one attached hydrogen (secondary N) is 2. The molecule has 0 aromatic heterocycles. The topological polar surface area (TPSA) is 104 Å². The van der Waals surface area contributed by atoms with E-state index in [0.717, 1.165) is 0 Å². The van der Waals surface area contributed by atoms with Crippen molar-refractivity contribution in [3.63, 3.8) is 0 Å². The molecule has 7 nitrogen and oxygen atoms in total. The van der Waals surface area contributed by atoms with Crippen molar-refractivity contribution < 1.29 is 19.4 Å². The average Bonchev–Trinajstić information content (AvgIpc) is 2.50. The molecule has 0 heterocycles. The number of anilines is 1. The highest BCUT2D eigenvalue weighted by Gasteiger charge is 2.11. The molecule has 1 aromatic rings. The Bertz CT molecular complexity index is 591. The number of nitrogens with zero attached hydrogens (tertiary/aromatic N) is 1. The average molecular weight is 305 g/mol. The van der Waals surface area contributed by atoms with Gasteiger partial charge >= 0.3 is 0 Å². The number of hydrogen-bond donors (Lipinski definition) is 3. The summed E-state index contributed by atoms with van der Waals surface area (Å²) in [6.07, 6.45) is 0.688. The number of amides is 1. The molecule has 1 amide bonds. The van der Waals surface area contributed by atoms with E-state index in [-0.39, 0.29) is 12.1 Å². The van der Waals surface area contributed by atoms with Gasteiger partial charge in [0, 0.05) is 24.5 Å². The molecule has 0 bridgehead atoms. The van der Waals surface area contributed by atoms with Crippen molar-refractivity contribution in [1.29, 1.82) is 5.26 Å². The Hall–Kier alpha value is -2.72. The van der Waals surface area contributed by atoms with Gasteiger partial charge in [0.25, 0.3) is 5.91 Å². The van der Waals surface area contributed by atoms with Gasteiger partial charge < -0.3 is 25.2 Å². The zero-order chi connectivity index (χ0) is 16.5. The van der Waals surface area contributed by atoms with Crippen LogP contribution in [0, 0.1) is 11.3 Å². The van der Waals surface area contributed by atoms with Crippen molar-refractivity contribution in [1.82, 2.24) is 5.32 Å². The quantitative estimate of drug-likeness (QED) is 0.513. The predicted molar refractivity (Wildman–Crippen MR) is 81.6 cm³/mol. The van der Waals surface area contributed by atoms with Crippen LogP contribution in [0.5, 0.6) is 11.5 Å². The lowest BCUT2D eigenvalue weighted by atomic mass is 10.2. The van der Waals surface area contributed by atoms with Gasteiger partial charge in [-0.15, -0.1) is 0 Å². The van der Waals surface area contributed by atoms with E-state index in [9.17, 15) is 4.79 Å². The van der Waals surface area contributed by atoms with Crippen LogP contribution in [0.1, 0.15) is 6.92 Å². The van der Waals surface area contributed by atoms with Crippen molar-refractivity contribution in [2.75, 3.05) is 26.1 Å². The molecule has 7 heteroatoms. The first-order valence-corrected chi connectivity index (χ1v) is 6.57. The van der Waals surface area contributed by atoms with Gasteiger partial charge in [0.15, 0.2) is 11.5 Å². The number of aliphatic hydroxyl groups excluding tert-OH is 1. The molecule has 1 unspecified atom stereocenters. The highest BCUT2D eigenvalue weighted by molar-refractivity contribution is 6.06. The summed E-state index contributed by atoms with van der Waals surface area (Å²) in [5.74, 6) is 0.443. The SMILES string of the molecule is COc1ccc(NC(=O)/C(C#N)=C\NCC(C)O)cc1OC. The van der Waals surface area contributed by atoms with Crippen molar-refractivity contribution in [2.24, 2.45) is 0 Å². The molecule has 118 valence electrons. The summed E-state index contributed by atoms with van der Waals surface area (Å²) in [5.41, 5.74) is 0.370. The van der Waals surface area contributed by atoms with E-state index in [1.807, 2.05) is 0 Å². The molecule has 1 atom stereocenters. The molecule has 0 spiro atoms. The predicted octanol–water partition coefficient (Wildman–Crippen LogP) is 1.02. The summed E-state index contributed by atoms with van der Waals surface area (Å²) >= 11 is 0. The first-order valence-electron chi connectivity index (χ1n) is 6.57. The first kappa shape index (κ1) is 17.3. The third-order valence-electron chi connectivity index (χ3n) is 2.67. The number of methoxy groups -OCH3 is 2. The van der Waals surface area contributed by atoms with Gasteiger partial charge in [0.1, 0.15) is 11.6 Å². The molecule has 0 saturated carbocycles. The van der Waals surface area contributed by atoms with Crippen molar-refractivity contribution in [2.45, 2.75) is 13.0 Å². The van der Waals surface area contributed by atoms with Crippen LogP contribution >= 0.6 is 0 Å². The Balaban J connectivity index is 2.80. The molecule has 0 fully saturated rings. The van der Waals surface area contributed by atoms with Gasteiger partial charge in [-0.05, 0) is 19.1 Å². The number of ether oxygens (including phenoxy) is 2. The third-order valence-corrected chi connectivity index (χ3v) is 2.67. The number of aliphatic hydroxyl groups is 1. The molecule has 0 aliphatic heterocycles. The minimum absolute atomic E-state index is 0.101. The lowest BCUT2D eigenvalue weighted by Crippen LogP contribution is -2.22. The highest BCUT2D eigenvalue weighted by atomic mass is 16.5. The zero-order valence-corrected chi connectivity index (χ0v) is 12.7. The summed E-state index contributed by atoms with van der Waals surface area (Å²) in [7, 11) is 3.00. The number of benzene rings is 1. The fourth-order valence-electron chi connectivity index (χ4n) is 1.59. The van der Waals surface area contributed by atoms with Crippen LogP contribution in [-0.2, 0) is 4.79 Å². The van der Waals surface area contributed by atoms with Gasteiger partial charge in [0.2, 0.25) is 0 Å². The van der Waals surface area contributed by atoms with Crippen LogP contribution in [0.4, 0.5) is 5.69 Å². The lowest BCUT2D eigenvalue weighted by Gasteiger charge is -2.10. The van der Waals surface area contributed by atoms with E-state index < -0.39 is 12.0 Å². The maximum absolute atomic E-state index is 12.0. The van der Waals surface area contributed by atoms with Gasteiger partial charge in [0.05, 0.1) is 20.3 Å². The largest absolute Gasteiger partial charge is 0.493 e. The molecular formula is C15H19N3O4. The van der Waals surface area contributed by atoms with Crippen LogP contribution in [0.25, 0.3) is 0 Å². The van der Waals surface area contributed by atoms with E-state index in [2.05, 4.69) is 10.6 Å². The zero-order valence-electron chi connectivity index (χ0n) is 12.7. The monoisotopic (exact) mass is 305 g/mol. The summed E-state index contributed by atoms with van der Waals surface area (Å²) in [4.78, 5) is 12.0. The number of nitriles is 1. The van der Waals surface area contributed by atoms with Crippen molar-refractivity contribution in [3.05, 3.63) is 30.0 Å². The second-order valence-electron chi connectivity index (χ2n) is 4.45. The van der Waals surface area contributed by atoms with E-state index in [0.29, 0.717) is 17.2 Å². The van der Waals surface area contributed by atoms with E-state index in [1.54, 1.807) is 31.2 Å². The van der Waals surface area contributed by atoms with Crippen molar-refractivity contribution in [3.8, 4) is 17.6 Å². The van der Waals surface area contributed by atoms with E-state index >= 15 is 0 Å². The minimum Gasteiger partial charge on any atom is -0.493 e. The molecular weight excluding hydrogens is 286 g/mol. The van der Waals surface area contributed by atoms with Crippen LogP contribution in [0.15, 0.2) is 30.0 Å². The van der Waals surface area contributed by atoms with Crippen LogP contribution < -0.4 is 20.1 Å². The summed E-state index contributed by atoms with van der Waals surface area (Å²) < 4.78 is 10.2. The van der Waals surface area contributed by atoms with E-state index in [1.165, 1.54) is 20.4 Å². The van der Waals surface area contributed by atoms with Crippen LogP contribution in [0.2, 0.25) is 0 Å². The number of carbonyl (C=O) groups is 1. The molecule has 0 radical (unpaired) electrons. The third kappa shape index (κ3) is 5.00. The fourth-order valence-corrected chi connectivity index (χ4v) is 1.59. The molecule has 0 aliphatic rings. The second-order valence-corrected chi connectivity index (χ2v) is 4.45. The fraction of sp³-hybridized carbons (Fsp3) is 0.333. The highest BCUT2D eigenvalue weighted by Crippen LogP contribution is 2.29. The number of hydrogen-bond acceptors (Lipinski definition) is 6. The van der Waals surface area contributed by atoms with E-state index in [4.69, 9.17) is 19.8 Å². The molecule has 22 heavy (non-hydrogen) atoms. The normalized spacial score (nSPS) is 12.0. The smallest absolute Gasteiger partial charge is 0.267 e. The lowest BCUT2D eigenvalue weighted by molar-refractivity contribution is -0.112. The molecule has 0 aliphatic carbocycles.